The van der Waals surface area contributed by atoms with E-state index in [1.807, 2.05) is 30.3 Å². The Hall–Kier alpha value is -2.91. The summed E-state index contributed by atoms with van der Waals surface area (Å²) in [5, 5.41) is 10.5. The number of nitrogens with zero attached hydrogens (tertiary/aromatic N) is 2. The first-order chi connectivity index (χ1) is 14.0. The molecule has 2 aromatic carbocycles. The average molecular weight is 428 g/mol. The van der Waals surface area contributed by atoms with Crippen LogP contribution in [0.2, 0.25) is 0 Å². The molecule has 1 atom stereocenters. The van der Waals surface area contributed by atoms with Gasteiger partial charge >= 0.3 is 11.9 Å². The van der Waals surface area contributed by atoms with Crippen LogP contribution in [0.25, 0.3) is 10.2 Å². The summed E-state index contributed by atoms with van der Waals surface area (Å²) in [5.74, 6) is 0.376. The number of thiazole rings is 1. The molecule has 0 saturated carbocycles. The molecule has 0 spiro atoms. The van der Waals surface area contributed by atoms with Crippen molar-refractivity contribution in [2.75, 3.05) is 5.75 Å². The van der Waals surface area contributed by atoms with E-state index in [0.29, 0.717) is 28.9 Å². The molecule has 1 aliphatic rings. The normalized spacial score (nSPS) is 15.9. The van der Waals surface area contributed by atoms with Crippen molar-refractivity contribution in [2.45, 2.75) is 19.6 Å². The number of carboxylic acids is 1. The van der Waals surface area contributed by atoms with E-state index in [2.05, 4.69) is 9.98 Å². The number of aromatic nitrogens is 1. The highest BCUT2D eigenvalue weighted by Crippen LogP contribution is 2.32. The maximum absolute atomic E-state index is 11.1. The molecular formula is C20H16N2O5S2. The summed E-state index contributed by atoms with van der Waals surface area (Å²) in [6.07, 6.45) is 0. The third-order valence-corrected chi connectivity index (χ3v) is 6.28. The molecule has 3 aromatic rings. The monoisotopic (exact) mass is 428 g/mol. The fourth-order valence-corrected chi connectivity index (χ4v) is 4.78. The Kier molecular flexibility index (Phi) is 5.50. The Morgan fingerprint density at radius 3 is 2.62 bits per heavy atom. The molecule has 1 aromatic heterocycles. The van der Waals surface area contributed by atoms with Gasteiger partial charge in [-0.25, -0.2) is 9.78 Å². The topological polar surface area (TPSA) is 98.1 Å². The second kappa shape index (κ2) is 8.22. The van der Waals surface area contributed by atoms with Crippen LogP contribution in [0.15, 0.2) is 47.5 Å². The van der Waals surface area contributed by atoms with Gasteiger partial charge in [0.25, 0.3) is 0 Å². The first-order valence-electron chi connectivity index (χ1n) is 8.72. The molecule has 0 aliphatic carbocycles. The predicted molar refractivity (Wildman–Crippen MR) is 112 cm³/mol. The number of fused-ring (bicyclic) bond motifs is 1. The summed E-state index contributed by atoms with van der Waals surface area (Å²) in [5.41, 5.74) is 1.77. The minimum absolute atomic E-state index is 0.355. The van der Waals surface area contributed by atoms with Crippen molar-refractivity contribution in [3.8, 4) is 11.5 Å². The number of ether oxygens (including phenoxy) is 2. The molecule has 1 N–H and O–H groups in total. The van der Waals surface area contributed by atoms with Gasteiger partial charge in [0.05, 0.1) is 10.2 Å². The molecule has 0 bridgehead atoms. The zero-order valence-electron chi connectivity index (χ0n) is 15.3. The Morgan fingerprint density at radius 2 is 1.93 bits per heavy atom. The molecule has 0 fully saturated rings. The number of carbonyl (C=O) groups excluding carboxylic acids is 1. The second-order valence-electron chi connectivity index (χ2n) is 6.27. The largest absolute Gasteiger partial charge is 0.489 e. The van der Waals surface area contributed by atoms with E-state index in [1.54, 1.807) is 12.1 Å². The number of thioether (sulfide) groups is 1. The van der Waals surface area contributed by atoms with E-state index >= 15 is 0 Å². The average Bonchev–Trinajstić information content (AvgIpc) is 3.33. The molecule has 1 aliphatic heterocycles. The van der Waals surface area contributed by atoms with Gasteiger partial charge in [-0.3, -0.25) is 9.79 Å². The lowest BCUT2D eigenvalue weighted by atomic mass is 10.2. The summed E-state index contributed by atoms with van der Waals surface area (Å²) in [7, 11) is 0. The number of hydrogen-bond donors (Lipinski definition) is 1. The van der Waals surface area contributed by atoms with Gasteiger partial charge in [0.15, 0.2) is 6.04 Å². The van der Waals surface area contributed by atoms with Gasteiger partial charge in [0.2, 0.25) is 0 Å². The third kappa shape index (κ3) is 4.57. The maximum atomic E-state index is 11.1. The number of hydrogen-bond acceptors (Lipinski definition) is 8. The minimum atomic E-state index is -0.912. The molecule has 9 heteroatoms. The molecule has 148 valence electrons. The van der Waals surface area contributed by atoms with Gasteiger partial charge < -0.3 is 14.6 Å². The zero-order valence-corrected chi connectivity index (χ0v) is 17.0. The standard InChI is InChI=1S/C20H16N2O5S2/c1-11(23)27-13-4-2-12(3-5-13)9-26-14-6-7-15-17(8-14)29-19(21-15)18-22-16(10-28-18)20(24)25/h2-8,16H,9-10H2,1H3,(H,24,25)/t16-/m1/s1. The lowest BCUT2D eigenvalue weighted by Gasteiger charge is -2.07. The molecule has 0 saturated heterocycles. The van der Waals surface area contributed by atoms with Gasteiger partial charge in [-0.2, -0.15) is 0 Å². The van der Waals surface area contributed by atoms with Crippen LogP contribution in [-0.4, -0.2) is 38.9 Å². The van der Waals surface area contributed by atoms with E-state index in [0.717, 1.165) is 20.8 Å². The molecule has 29 heavy (non-hydrogen) atoms. The van der Waals surface area contributed by atoms with E-state index in [1.165, 1.54) is 30.0 Å². The molecule has 7 nitrogen and oxygen atoms in total. The van der Waals surface area contributed by atoms with Gasteiger partial charge in [-0.15, -0.1) is 23.1 Å². The van der Waals surface area contributed by atoms with Crippen molar-refractivity contribution < 1.29 is 24.2 Å². The predicted octanol–water partition coefficient (Wildman–Crippen LogP) is 3.75. The van der Waals surface area contributed by atoms with Crippen molar-refractivity contribution in [3.05, 3.63) is 53.0 Å². The fourth-order valence-electron chi connectivity index (χ4n) is 2.69. The van der Waals surface area contributed by atoms with Gasteiger partial charge in [-0.1, -0.05) is 12.1 Å². The number of esters is 1. The van der Waals surface area contributed by atoms with Crippen molar-refractivity contribution in [1.29, 1.82) is 0 Å². The summed E-state index contributed by atoms with van der Waals surface area (Å²) < 4.78 is 11.8. The fraction of sp³-hybridized carbons (Fsp3) is 0.200. The van der Waals surface area contributed by atoms with E-state index < -0.39 is 12.0 Å². The van der Waals surface area contributed by atoms with Crippen LogP contribution in [0.1, 0.15) is 17.5 Å². The summed E-state index contributed by atoms with van der Waals surface area (Å²) in [6, 6.07) is 12.1. The molecule has 2 heterocycles. The van der Waals surface area contributed by atoms with Crippen LogP contribution in [0.3, 0.4) is 0 Å². The number of rotatable bonds is 6. The first-order valence-corrected chi connectivity index (χ1v) is 10.5. The zero-order chi connectivity index (χ0) is 20.4. The van der Waals surface area contributed by atoms with Crippen LogP contribution >= 0.6 is 23.1 Å². The highest BCUT2D eigenvalue weighted by atomic mass is 32.2. The van der Waals surface area contributed by atoms with E-state index in [9.17, 15) is 9.59 Å². The van der Waals surface area contributed by atoms with Crippen LogP contribution in [-0.2, 0) is 16.2 Å². The van der Waals surface area contributed by atoms with Crippen LogP contribution in [0, 0.1) is 0 Å². The Bertz CT molecular complexity index is 1110. The Morgan fingerprint density at radius 1 is 1.17 bits per heavy atom. The van der Waals surface area contributed by atoms with Crippen molar-refractivity contribution in [2.24, 2.45) is 4.99 Å². The molecular weight excluding hydrogens is 412 g/mol. The van der Waals surface area contributed by atoms with Crippen LogP contribution < -0.4 is 9.47 Å². The number of benzene rings is 2. The quantitative estimate of drug-likeness (QED) is 0.472. The highest BCUT2D eigenvalue weighted by molar-refractivity contribution is 8.15. The van der Waals surface area contributed by atoms with Crippen LogP contribution in [0.4, 0.5) is 0 Å². The number of carbonyl (C=O) groups is 2. The molecule has 0 unspecified atom stereocenters. The third-order valence-electron chi connectivity index (χ3n) is 4.07. The van der Waals surface area contributed by atoms with Crippen molar-refractivity contribution in [3.63, 3.8) is 0 Å². The first kappa shape index (κ1) is 19.4. The van der Waals surface area contributed by atoms with Crippen LogP contribution in [0.5, 0.6) is 11.5 Å². The van der Waals surface area contributed by atoms with Crippen molar-refractivity contribution >= 4 is 50.3 Å². The summed E-state index contributed by atoms with van der Waals surface area (Å²) >= 11 is 2.89. The summed E-state index contributed by atoms with van der Waals surface area (Å²) in [6.45, 7) is 1.74. The summed E-state index contributed by atoms with van der Waals surface area (Å²) in [4.78, 5) is 30.8. The lowest BCUT2D eigenvalue weighted by molar-refractivity contribution is -0.137. The lowest BCUT2D eigenvalue weighted by Crippen LogP contribution is -2.17. The molecule has 0 amide bonds. The highest BCUT2D eigenvalue weighted by Gasteiger charge is 2.26. The van der Waals surface area contributed by atoms with E-state index in [-0.39, 0.29) is 5.97 Å². The van der Waals surface area contributed by atoms with Gasteiger partial charge in [0.1, 0.15) is 28.2 Å². The minimum Gasteiger partial charge on any atom is -0.489 e. The molecule has 0 radical (unpaired) electrons. The second-order valence-corrected chi connectivity index (χ2v) is 8.31. The van der Waals surface area contributed by atoms with E-state index in [4.69, 9.17) is 14.6 Å². The number of aliphatic carboxylic acids is 1. The smallest absolute Gasteiger partial charge is 0.329 e. The number of carboxylic acid groups (broad SMARTS) is 1. The number of aliphatic imine (C=N–C) groups is 1. The van der Waals surface area contributed by atoms with Gasteiger partial charge in [-0.05, 0) is 35.9 Å². The van der Waals surface area contributed by atoms with Crippen molar-refractivity contribution in [1.82, 2.24) is 4.98 Å². The Balaban J connectivity index is 1.45. The Labute approximate surface area is 174 Å². The SMILES string of the molecule is CC(=O)Oc1ccc(COc2ccc3nc(C4=N[C@@H](C(=O)O)CS4)sc3c2)cc1. The maximum Gasteiger partial charge on any atom is 0.329 e. The van der Waals surface area contributed by atoms with Gasteiger partial charge in [0, 0.05) is 12.7 Å². The molecule has 4 rings (SSSR count).